The molecule has 11 heavy (non-hydrogen) atoms. The Hall–Kier alpha value is -0.760. The van der Waals surface area contributed by atoms with Crippen molar-refractivity contribution in [3.05, 3.63) is 24.0 Å². The molecule has 0 aliphatic heterocycles. The third kappa shape index (κ3) is 5.67. The van der Waals surface area contributed by atoms with E-state index < -0.39 is 0 Å². The van der Waals surface area contributed by atoms with Crippen LogP contribution in [0.4, 0.5) is 0 Å². The zero-order valence-electron chi connectivity index (χ0n) is 6.42. The average Bonchev–Trinajstić information content (AvgIpc) is 2.08. The molecule has 0 aromatic carbocycles. The quantitative estimate of drug-likeness (QED) is 0.450. The van der Waals surface area contributed by atoms with Crippen molar-refractivity contribution in [3.63, 3.8) is 0 Å². The zero-order chi connectivity index (χ0) is 8.53. The Balaban J connectivity index is 0.000000292. The van der Waals surface area contributed by atoms with Crippen molar-refractivity contribution in [2.24, 2.45) is 0 Å². The third-order valence-corrected chi connectivity index (χ3v) is 1.20. The second kappa shape index (κ2) is 7.35. The maximum atomic E-state index is 8.57. The predicted molar refractivity (Wildman–Crippen MR) is 46.1 cm³/mol. The summed E-state index contributed by atoms with van der Waals surface area (Å²) in [5, 5.41) is 0. The van der Waals surface area contributed by atoms with Crippen LogP contribution >= 0.6 is 11.6 Å². The lowest BCUT2D eigenvalue weighted by Gasteiger charge is -2.02. The first-order chi connectivity index (χ1) is 5.35. The standard InChI is InChI=1S/C7H10O.CHClO/c1-8-7-5-3-2-4-6-7;2-1-3/h3,5-6H,2,4H2,1H3;1H. The minimum Gasteiger partial charge on any atom is -0.497 e. The number of carbonyl (C=O) groups is 1. The number of ether oxygens (including phenoxy) is 1. The van der Waals surface area contributed by atoms with Crippen LogP contribution < -0.4 is 0 Å². The minimum atomic E-state index is 0.222. The Morgan fingerprint density at radius 3 is 2.55 bits per heavy atom. The van der Waals surface area contributed by atoms with Gasteiger partial charge in [-0.25, -0.2) is 0 Å². The van der Waals surface area contributed by atoms with E-state index in [4.69, 9.17) is 9.53 Å². The molecule has 0 radical (unpaired) electrons. The number of methoxy groups -OCH3 is 1. The molecule has 0 amide bonds. The van der Waals surface area contributed by atoms with E-state index >= 15 is 0 Å². The van der Waals surface area contributed by atoms with E-state index in [2.05, 4.69) is 23.8 Å². The normalized spacial score (nSPS) is 14.2. The molecule has 3 heteroatoms. The minimum absolute atomic E-state index is 0.222. The summed E-state index contributed by atoms with van der Waals surface area (Å²) in [6.07, 6.45) is 8.51. The van der Waals surface area contributed by atoms with Gasteiger partial charge in [0.15, 0.2) is 0 Å². The molecule has 62 valence electrons. The van der Waals surface area contributed by atoms with Crippen LogP contribution in [0.3, 0.4) is 0 Å². The van der Waals surface area contributed by atoms with Gasteiger partial charge in [-0.1, -0.05) is 6.08 Å². The van der Waals surface area contributed by atoms with E-state index in [0.29, 0.717) is 0 Å². The largest absolute Gasteiger partial charge is 0.497 e. The molecule has 0 bridgehead atoms. The summed E-state index contributed by atoms with van der Waals surface area (Å²) >= 11 is 4.32. The average molecular weight is 175 g/mol. The molecule has 0 atom stereocenters. The van der Waals surface area contributed by atoms with Gasteiger partial charge in [-0.05, 0) is 36.6 Å². The summed E-state index contributed by atoms with van der Waals surface area (Å²) in [5.41, 5.74) is 0. The molecule has 0 heterocycles. The first kappa shape index (κ1) is 10.2. The smallest absolute Gasteiger partial charge is 0.208 e. The topological polar surface area (TPSA) is 26.3 Å². The summed E-state index contributed by atoms with van der Waals surface area (Å²) in [6, 6.07) is 0. The predicted octanol–water partition coefficient (Wildman–Crippen LogP) is 2.28. The summed E-state index contributed by atoms with van der Waals surface area (Å²) < 4.78 is 4.97. The van der Waals surface area contributed by atoms with Gasteiger partial charge in [-0.15, -0.1) is 0 Å². The summed E-state index contributed by atoms with van der Waals surface area (Å²) in [6.45, 7) is 0. The van der Waals surface area contributed by atoms with E-state index in [0.717, 1.165) is 18.6 Å². The van der Waals surface area contributed by atoms with Crippen molar-refractivity contribution in [1.82, 2.24) is 0 Å². The fraction of sp³-hybridized carbons (Fsp3) is 0.375. The summed E-state index contributed by atoms with van der Waals surface area (Å²) in [4.78, 5) is 8.57. The molecule has 0 fully saturated rings. The molecule has 0 spiro atoms. The van der Waals surface area contributed by atoms with Gasteiger partial charge in [0.1, 0.15) is 5.76 Å². The van der Waals surface area contributed by atoms with Crippen molar-refractivity contribution in [2.75, 3.05) is 7.11 Å². The van der Waals surface area contributed by atoms with Gasteiger partial charge in [0.25, 0.3) is 0 Å². The molecule has 1 rings (SSSR count). The summed E-state index contributed by atoms with van der Waals surface area (Å²) in [7, 11) is 1.70. The lowest BCUT2D eigenvalue weighted by Crippen LogP contribution is -1.85. The summed E-state index contributed by atoms with van der Waals surface area (Å²) in [5.74, 6) is 1.22. The van der Waals surface area contributed by atoms with Crippen LogP contribution in [0.2, 0.25) is 0 Å². The molecular formula is C8H11ClO2. The SMILES string of the molecule is COC1=CCCC=C1.O=CCl. The maximum absolute atomic E-state index is 8.57. The number of halogens is 1. The lowest BCUT2D eigenvalue weighted by atomic mass is 10.2. The molecule has 0 unspecified atom stereocenters. The highest BCUT2D eigenvalue weighted by Gasteiger charge is 1.92. The Labute approximate surface area is 71.5 Å². The van der Waals surface area contributed by atoms with Crippen LogP contribution in [0.15, 0.2) is 24.0 Å². The van der Waals surface area contributed by atoms with Crippen molar-refractivity contribution >= 4 is 17.3 Å². The molecular weight excluding hydrogens is 164 g/mol. The van der Waals surface area contributed by atoms with E-state index in [9.17, 15) is 0 Å². The second-order valence-electron chi connectivity index (χ2n) is 1.88. The monoisotopic (exact) mass is 174 g/mol. The molecule has 1 aliphatic carbocycles. The van der Waals surface area contributed by atoms with Gasteiger partial charge in [0.2, 0.25) is 5.75 Å². The molecule has 0 saturated carbocycles. The first-order valence-corrected chi connectivity index (χ1v) is 3.73. The first-order valence-electron chi connectivity index (χ1n) is 3.29. The highest BCUT2D eigenvalue weighted by molar-refractivity contribution is 6.54. The van der Waals surface area contributed by atoms with Crippen molar-refractivity contribution in [3.8, 4) is 0 Å². The fourth-order valence-corrected chi connectivity index (χ4v) is 0.741. The number of allylic oxidation sites excluding steroid dienone is 3. The molecule has 0 aromatic heterocycles. The number of hydrogen-bond acceptors (Lipinski definition) is 2. The van der Waals surface area contributed by atoms with Gasteiger partial charge in [0.05, 0.1) is 7.11 Å². The Morgan fingerprint density at radius 1 is 1.64 bits per heavy atom. The Morgan fingerprint density at radius 2 is 2.27 bits per heavy atom. The Kier molecular flexibility index (Phi) is 6.84. The van der Waals surface area contributed by atoms with Gasteiger partial charge in [-0.3, -0.25) is 4.79 Å². The molecule has 1 aliphatic rings. The molecule has 2 nitrogen and oxygen atoms in total. The highest BCUT2D eigenvalue weighted by atomic mass is 35.5. The zero-order valence-corrected chi connectivity index (χ0v) is 7.17. The van der Waals surface area contributed by atoms with Crippen LogP contribution in [-0.4, -0.2) is 12.9 Å². The van der Waals surface area contributed by atoms with E-state index in [-0.39, 0.29) is 5.75 Å². The second-order valence-corrected chi connectivity index (χ2v) is 2.06. The molecule has 0 aromatic rings. The maximum Gasteiger partial charge on any atom is 0.208 e. The lowest BCUT2D eigenvalue weighted by molar-refractivity contribution is 0.303. The molecule has 0 N–H and O–H groups in total. The van der Waals surface area contributed by atoms with Crippen LogP contribution in [0.25, 0.3) is 0 Å². The van der Waals surface area contributed by atoms with Gasteiger partial charge in [0, 0.05) is 0 Å². The van der Waals surface area contributed by atoms with Crippen molar-refractivity contribution in [1.29, 1.82) is 0 Å². The number of carbonyl (C=O) groups excluding carboxylic acids is 1. The van der Waals surface area contributed by atoms with Crippen LogP contribution in [0.1, 0.15) is 12.8 Å². The van der Waals surface area contributed by atoms with Gasteiger partial charge in [-0.2, -0.15) is 0 Å². The van der Waals surface area contributed by atoms with Crippen LogP contribution in [-0.2, 0) is 9.53 Å². The van der Waals surface area contributed by atoms with E-state index in [1.165, 1.54) is 0 Å². The fourth-order valence-electron chi connectivity index (χ4n) is 0.741. The van der Waals surface area contributed by atoms with E-state index in [1.807, 2.05) is 6.08 Å². The van der Waals surface area contributed by atoms with Gasteiger partial charge < -0.3 is 4.74 Å². The van der Waals surface area contributed by atoms with Crippen molar-refractivity contribution < 1.29 is 9.53 Å². The highest BCUT2D eigenvalue weighted by Crippen LogP contribution is 2.08. The van der Waals surface area contributed by atoms with Crippen LogP contribution in [0.5, 0.6) is 0 Å². The van der Waals surface area contributed by atoms with Crippen molar-refractivity contribution in [2.45, 2.75) is 12.8 Å². The number of rotatable bonds is 1. The van der Waals surface area contributed by atoms with Gasteiger partial charge >= 0.3 is 0 Å². The van der Waals surface area contributed by atoms with E-state index in [1.54, 1.807) is 7.11 Å². The van der Waals surface area contributed by atoms with Crippen LogP contribution in [0, 0.1) is 0 Å². The third-order valence-electron chi connectivity index (χ3n) is 1.20. The number of hydrogen-bond donors (Lipinski definition) is 0. The Bertz CT molecular complexity index is 161. The molecule has 0 saturated heterocycles.